The fourth-order valence-corrected chi connectivity index (χ4v) is 2.16. The van der Waals surface area contributed by atoms with Crippen molar-refractivity contribution in [2.24, 2.45) is 0 Å². The van der Waals surface area contributed by atoms with E-state index in [9.17, 15) is 4.79 Å². The van der Waals surface area contributed by atoms with Crippen LogP contribution in [0.2, 0.25) is 5.02 Å². The van der Waals surface area contributed by atoms with Crippen LogP contribution in [-0.4, -0.2) is 16.0 Å². The summed E-state index contributed by atoms with van der Waals surface area (Å²) in [5.41, 5.74) is 1.76. The number of carbonyl (C=O) groups excluding carboxylic acids is 1. The van der Waals surface area contributed by atoms with E-state index in [1.807, 2.05) is 6.07 Å². The number of amides is 1. The number of nitrogens with one attached hydrogen (secondary N) is 1. The van der Waals surface area contributed by atoms with E-state index in [1.54, 1.807) is 49.4 Å². The van der Waals surface area contributed by atoms with Crippen molar-refractivity contribution in [3.63, 3.8) is 0 Å². The second-order valence-corrected chi connectivity index (χ2v) is 5.06. The van der Waals surface area contributed by atoms with Crippen molar-refractivity contribution in [3.05, 3.63) is 65.0 Å². The first-order valence-electron chi connectivity index (χ1n) is 6.60. The standard InChI is InChI=1S/C16H12ClN3O2/c1-10-18-15(20-22-10)11-5-4-6-12(9-11)16(21)19-14-8-3-2-7-13(14)17/h2-9H,1H3,(H,19,21). The number of aromatic nitrogens is 2. The molecule has 22 heavy (non-hydrogen) atoms. The second-order valence-electron chi connectivity index (χ2n) is 4.65. The van der Waals surface area contributed by atoms with E-state index >= 15 is 0 Å². The molecule has 1 N–H and O–H groups in total. The van der Waals surface area contributed by atoms with Crippen molar-refractivity contribution >= 4 is 23.2 Å². The maximum atomic E-state index is 12.3. The lowest BCUT2D eigenvalue weighted by molar-refractivity contribution is 0.102. The molecule has 6 heteroatoms. The van der Waals surface area contributed by atoms with Crippen LogP contribution in [0.1, 0.15) is 16.2 Å². The summed E-state index contributed by atoms with van der Waals surface area (Å²) in [5, 5.41) is 7.11. The summed E-state index contributed by atoms with van der Waals surface area (Å²) in [5.74, 6) is 0.668. The third-order valence-corrected chi connectivity index (χ3v) is 3.36. The van der Waals surface area contributed by atoms with Crippen molar-refractivity contribution in [2.45, 2.75) is 6.92 Å². The highest BCUT2D eigenvalue weighted by atomic mass is 35.5. The highest BCUT2D eigenvalue weighted by Gasteiger charge is 2.11. The van der Waals surface area contributed by atoms with E-state index in [-0.39, 0.29) is 5.91 Å². The van der Waals surface area contributed by atoms with Crippen LogP contribution >= 0.6 is 11.6 Å². The second kappa shape index (κ2) is 5.99. The van der Waals surface area contributed by atoms with Crippen molar-refractivity contribution < 1.29 is 9.32 Å². The SMILES string of the molecule is Cc1nc(-c2cccc(C(=O)Nc3ccccc3Cl)c2)no1. The molecule has 0 fully saturated rings. The predicted molar refractivity (Wildman–Crippen MR) is 83.9 cm³/mol. The molecular formula is C16H12ClN3O2. The summed E-state index contributed by atoms with van der Waals surface area (Å²) in [7, 11) is 0. The first kappa shape index (κ1) is 14.3. The molecule has 0 radical (unpaired) electrons. The minimum absolute atomic E-state index is 0.254. The zero-order chi connectivity index (χ0) is 15.5. The number of aryl methyl sites for hydroxylation is 1. The Labute approximate surface area is 131 Å². The third kappa shape index (κ3) is 2.99. The monoisotopic (exact) mass is 313 g/mol. The van der Waals surface area contributed by atoms with Gasteiger partial charge in [0.2, 0.25) is 11.7 Å². The highest BCUT2D eigenvalue weighted by molar-refractivity contribution is 6.33. The Morgan fingerprint density at radius 2 is 2.00 bits per heavy atom. The van der Waals surface area contributed by atoms with Crippen LogP contribution in [0.15, 0.2) is 53.1 Å². The molecule has 0 atom stereocenters. The number of rotatable bonds is 3. The number of hydrogen-bond donors (Lipinski definition) is 1. The first-order chi connectivity index (χ1) is 10.6. The quantitative estimate of drug-likeness (QED) is 0.795. The number of hydrogen-bond acceptors (Lipinski definition) is 4. The van der Waals surface area contributed by atoms with Crippen LogP contribution in [0, 0.1) is 6.92 Å². The summed E-state index contributed by atoms with van der Waals surface area (Å²) in [6.07, 6.45) is 0. The number of benzene rings is 2. The largest absolute Gasteiger partial charge is 0.339 e. The van der Waals surface area contributed by atoms with Gasteiger partial charge >= 0.3 is 0 Å². The average molecular weight is 314 g/mol. The molecule has 0 bridgehead atoms. The van der Waals surface area contributed by atoms with E-state index in [4.69, 9.17) is 16.1 Å². The third-order valence-electron chi connectivity index (χ3n) is 3.03. The van der Waals surface area contributed by atoms with E-state index in [2.05, 4.69) is 15.5 Å². The van der Waals surface area contributed by atoms with Gasteiger partial charge in [-0.2, -0.15) is 4.98 Å². The van der Waals surface area contributed by atoms with Gasteiger partial charge in [-0.3, -0.25) is 4.79 Å². The van der Waals surface area contributed by atoms with Gasteiger partial charge in [0.1, 0.15) is 0 Å². The molecule has 5 nitrogen and oxygen atoms in total. The summed E-state index contributed by atoms with van der Waals surface area (Å²) in [4.78, 5) is 16.5. The van der Waals surface area contributed by atoms with E-state index in [0.29, 0.717) is 33.6 Å². The Bertz CT molecular complexity index is 830. The molecule has 1 heterocycles. The lowest BCUT2D eigenvalue weighted by Crippen LogP contribution is -2.12. The molecule has 0 aliphatic heterocycles. The summed E-state index contributed by atoms with van der Waals surface area (Å²) >= 11 is 6.04. The summed E-state index contributed by atoms with van der Waals surface area (Å²) in [6.45, 7) is 1.71. The minimum atomic E-state index is -0.254. The molecule has 1 aromatic heterocycles. The van der Waals surface area contributed by atoms with Gasteiger partial charge in [0, 0.05) is 18.1 Å². The molecule has 3 aromatic rings. The van der Waals surface area contributed by atoms with Crippen LogP contribution < -0.4 is 5.32 Å². The maximum Gasteiger partial charge on any atom is 0.255 e. The summed E-state index contributed by atoms with van der Waals surface area (Å²) in [6, 6.07) is 14.1. The molecule has 0 unspecified atom stereocenters. The van der Waals surface area contributed by atoms with E-state index < -0.39 is 0 Å². The van der Waals surface area contributed by atoms with Crippen LogP contribution in [0.5, 0.6) is 0 Å². The fraction of sp³-hybridized carbons (Fsp3) is 0.0625. The zero-order valence-electron chi connectivity index (χ0n) is 11.7. The predicted octanol–water partition coefficient (Wildman–Crippen LogP) is 3.95. The normalized spacial score (nSPS) is 10.5. The number of para-hydroxylation sites is 1. The van der Waals surface area contributed by atoms with Crippen LogP contribution in [0.25, 0.3) is 11.4 Å². The Kier molecular flexibility index (Phi) is 3.89. The minimum Gasteiger partial charge on any atom is -0.339 e. The number of carbonyl (C=O) groups is 1. The van der Waals surface area contributed by atoms with E-state index in [0.717, 1.165) is 0 Å². The molecule has 0 spiro atoms. The highest BCUT2D eigenvalue weighted by Crippen LogP contribution is 2.22. The van der Waals surface area contributed by atoms with E-state index in [1.165, 1.54) is 0 Å². The molecule has 0 saturated heterocycles. The molecule has 3 rings (SSSR count). The average Bonchev–Trinajstić information content (AvgIpc) is 2.96. The molecular weight excluding hydrogens is 302 g/mol. The van der Waals surface area contributed by atoms with Gasteiger partial charge in [0.15, 0.2) is 0 Å². The van der Waals surface area contributed by atoms with Gasteiger partial charge in [-0.05, 0) is 24.3 Å². The molecule has 0 aliphatic rings. The Hall–Kier alpha value is -2.66. The Balaban J connectivity index is 1.86. The van der Waals surface area contributed by atoms with Crippen molar-refractivity contribution in [2.75, 3.05) is 5.32 Å². The maximum absolute atomic E-state index is 12.3. The van der Waals surface area contributed by atoms with Crippen molar-refractivity contribution in [1.29, 1.82) is 0 Å². The molecule has 0 aliphatic carbocycles. The molecule has 110 valence electrons. The molecule has 1 amide bonds. The van der Waals surface area contributed by atoms with Crippen molar-refractivity contribution in [3.8, 4) is 11.4 Å². The van der Waals surface area contributed by atoms with Gasteiger partial charge in [0.05, 0.1) is 10.7 Å². The smallest absolute Gasteiger partial charge is 0.255 e. The lowest BCUT2D eigenvalue weighted by atomic mass is 10.1. The Morgan fingerprint density at radius 1 is 1.18 bits per heavy atom. The van der Waals surface area contributed by atoms with Gasteiger partial charge in [-0.25, -0.2) is 0 Å². The first-order valence-corrected chi connectivity index (χ1v) is 6.98. The van der Waals surface area contributed by atoms with Crippen LogP contribution in [-0.2, 0) is 0 Å². The molecule has 0 saturated carbocycles. The van der Waals surface area contributed by atoms with Crippen molar-refractivity contribution in [1.82, 2.24) is 10.1 Å². The van der Waals surface area contributed by atoms with Gasteiger partial charge in [-0.15, -0.1) is 0 Å². The number of nitrogens with zero attached hydrogens (tertiary/aromatic N) is 2. The number of anilines is 1. The zero-order valence-corrected chi connectivity index (χ0v) is 12.5. The fourth-order valence-electron chi connectivity index (χ4n) is 1.97. The molecule has 2 aromatic carbocycles. The van der Waals surface area contributed by atoms with Gasteiger partial charge in [0.25, 0.3) is 5.91 Å². The van der Waals surface area contributed by atoms with Crippen LogP contribution in [0.3, 0.4) is 0 Å². The topological polar surface area (TPSA) is 68.0 Å². The Morgan fingerprint density at radius 3 is 2.73 bits per heavy atom. The van der Waals surface area contributed by atoms with Gasteiger partial charge in [-0.1, -0.05) is 41.0 Å². The lowest BCUT2D eigenvalue weighted by Gasteiger charge is -2.07. The number of halogens is 1. The van der Waals surface area contributed by atoms with Crippen LogP contribution in [0.4, 0.5) is 5.69 Å². The summed E-state index contributed by atoms with van der Waals surface area (Å²) < 4.78 is 4.95. The van der Waals surface area contributed by atoms with Gasteiger partial charge < -0.3 is 9.84 Å².